The Balaban J connectivity index is 1.79. The number of aryl methyl sites for hydroxylation is 1. The van der Waals surface area contributed by atoms with Gasteiger partial charge in [-0.15, -0.1) is 11.8 Å². The number of benzene rings is 2. The average Bonchev–Trinajstić information content (AvgIpc) is 2.65. The molecular weight excluding hydrogens is 370 g/mol. The van der Waals surface area contributed by atoms with Crippen LogP contribution in [0.4, 0.5) is 11.4 Å². The third-order valence-electron chi connectivity index (χ3n) is 3.49. The Kier molecular flexibility index (Phi) is 7.18. The van der Waals surface area contributed by atoms with Gasteiger partial charge in [0.25, 0.3) is 5.69 Å². The second-order valence-corrected chi connectivity index (χ2v) is 6.62. The number of hydrogen-bond acceptors (Lipinski definition) is 6. The molecule has 0 spiro atoms. The van der Waals surface area contributed by atoms with Crippen molar-refractivity contribution in [3.63, 3.8) is 0 Å². The lowest BCUT2D eigenvalue weighted by molar-refractivity contribution is -0.384. The van der Waals surface area contributed by atoms with E-state index in [2.05, 4.69) is 10.6 Å². The molecule has 0 aliphatic carbocycles. The van der Waals surface area contributed by atoms with Crippen LogP contribution in [0.1, 0.15) is 5.56 Å². The molecule has 0 bridgehead atoms. The van der Waals surface area contributed by atoms with Gasteiger partial charge < -0.3 is 15.4 Å². The number of anilines is 1. The summed E-state index contributed by atoms with van der Waals surface area (Å²) in [6.45, 7) is 1.73. The molecule has 9 heteroatoms. The molecule has 142 valence electrons. The predicted octanol–water partition coefficient (Wildman–Crippen LogP) is 2.76. The first-order chi connectivity index (χ1) is 12.9. The number of nitrogens with zero attached hydrogens (tertiary/aromatic N) is 1. The van der Waals surface area contributed by atoms with E-state index in [0.29, 0.717) is 11.4 Å². The van der Waals surface area contributed by atoms with Crippen molar-refractivity contribution in [2.75, 3.05) is 24.7 Å². The maximum absolute atomic E-state index is 12.0. The van der Waals surface area contributed by atoms with Crippen LogP contribution in [0, 0.1) is 17.0 Å². The van der Waals surface area contributed by atoms with Gasteiger partial charge in [0.05, 0.1) is 30.0 Å². The first kappa shape index (κ1) is 20.2. The smallest absolute Gasteiger partial charge is 0.269 e. The standard InChI is InChI=1S/C18H19N3O5S/c1-12-3-8-16(26-2)15(9-12)20-17(22)10-19-18(23)11-27-14-6-4-13(5-7-14)21(24)25/h3-9H,10-11H2,1-2H3,(H,19,23)(H,20,22). The van der Waals surface area contributed by atoms with Crippen LogP contribution in [0.3, 0.4) is 0 Å². The minimum atomic E-state index is -0.483. The van der Waals surface area contributed by atoms with Gasteiger partial charge in [-0.3, -0.25) is 19.7 Å². The Bertz CT molecular complexity index is 839. The molecule has 0 aliphatic rings. The molecule has 2 amide bonds. The van der Waals surface area contributed by atoms with Gasteiger partial charge in [0.1, 0.15) is 5.75 Å². The molecule has 2 N–H and O–H groups in total. The number of methoxy groups -OCH3 is 1. The lowest BCUT2D eigenvalue weighted by Crippen LogP contribution is -2.34. The SMILES string of the molecule is COc1ccc(C)cc1NC(=O)CNC(=O)CSc1ccc([N+](=O)[O-])cc1. The zero-order chi connectivity index (χ0) is 19.8. The minimum Gasteiger partial charge on any atom is -0.495 e. The van der Waals surface area contributed by atoms with Gasteiger partial charge in [0, 0.05) is 17.0 Å². The number of nitro groups is 1. The van der Waals surface area contributed by atoms with Crippen LogP contribution >= 0.6 is 11.8 Å². The quantitative estimate of drug-likeness (QED) is 0.408. The van der Waals surface area contributed by atoms with Crippen molar-refractivity contribution in [2.24, 2.45) is 0 Å². The Morgan fingerprint density at radius 2 is 1.85 bits per heavy atom. The molecule has 0 heterocycles. The fraction of sp³-hybridized carbons (Fsp3) is 0.222. The summed E-state index contributed by atoms with van der Waals surface area (Å²) in [6.07, 6.45) is 0. The number of hydrogen-bond donors (Lipinski definition) is 2. The number of nitro benzene ring substituents is 1. The lowest BCUT2D eigenvalue weighted by Gasteiger charge is -2.11. The fourth-order valence-electron chi connectivity index (χ4n) is 2.16. The van der Waals surface area contributed by atoms with Gasteiger partial charge in [-0.2, -0.15) is 0 Å². The van der Waals surface area contributed by atoms with E-state index in [1.165, 1.54) is 31.0 Å². The van der Waals surface area contributed by atoms with Crippen molar-refractivity contribution in [2.45, 2.75) is 11.8 Å². The normalized spacial score (nSPS) is 10.1. The highest BCUT2D eigenvalue weighted by Crippen LogP contribution is 2.25. The van der Waals surface area contributed by atoms with E-state index in [4.69, 9.17) is 4.74 Å². The van der Waals surface area contributed by atoms with Crippen LogP contribution < -0.4 is 15.4 Å². The highest BCUT2D eigenvalue weighted by molar-refractivity contribution is 8.00. The highest BCUT2D eigenvalue weighted by atomic mass is 32.2. The van der Waals surface area contributed by atoms with Crippen molar-refractivity contribution in [1.82, 2.24) is 5.32 Å². The lowest BCUT2D eigenvalue weighted by atomic mass is 10.2. The molecule has 8 nitrogen and oxygen atoms in total. The molecule has 0 atom stereocenters. The molecule has 0 saturated carbocycles. The number of carbonyl (C=O) groups excluding carboxylic acids is 2. The Labute approximate surface area is 160 Å². The number of rotatable bonds is 8. The summed E-state index contributed by atoms with van der Waals surface area (Å²) in [7, 11) is 1.51. The summed E-state index contributed by atoms with van der Waals surface area (Å²) >= 11 is 1.23. The number of non-ortho nitro benzene ring substituents is 1. The molecular formula is C18H19N3O5S. The van der Waals surface area contributed by atoms with Crippen LogP contribution in [-0.4, -0.2) is 36.1 Å². The number of carbonyl (C=O) groups is 2. The number of nitrogens with one attached hydrogen (secondary N) is 2. The highest BCUT2D eigenvalue weighted by Gasteiger charge is 2.10. The summed E-state index contributed by atoms with van der Waals surface area (Å²) in [5.74, 6) is -0.0509. The Morgan fingerprint density at radius 3 is 2.48 bits per heavy atom. The molecule has 2 aromatic rings. The molecule has 0 aromatic heterocycles. The van der Waals surface area contributed by atoms with Gasteiger partial charge in [0.2, 0.25) is 11.8 Å². The number of thioether (sulfide) groups is 1. The first-order valence-corrected chi connectivity index (χ1v) is 8.96. The second-order valence-electron chi connectivity index (χ2n) is 5.57. The third-order valence-corrected chi connectivity index (χ3v) is 4.50. The van der Waals surface area contributed by atoms with Crippen LogP contribution in [0.2, 0.25) is 0 Å². The summed E-state index contributed by atoms with van der Waals surface area (Å²) in [6, 6.07) is 11.3. The zero-order valence-corrected chi connectivity index (χ0v) is 15.7. The molecule has 27 heavy (non-hydrogen) atoms. The molecule has 0 fully saturated rings. The monoisotopic (exact) mass is 389 g/mol. The number of amides is 2. The molecule has 0 unspecified atom stereocenters. The van der Waals surface area contributed by atoms with E-state index in [-0.39, 0.29) is 29.8 Å². The van der Waals surface area contributed by atoms with Gasteiger partial charge in [0.15, 0.2) is 0 Å². The maximum Gasteiger partial charge on any atom is 0.269 e. The molecule has 2 rings (SSSR count). The van der Waals surface area contributed by atoms with Crippen LogP contribution in [0.25, 0.3) is 0 Å². The minimum absolute atomic E-state index is 0.00736. The molecule has 0 aliphatic heterocycles. The average molecular weight is 389 g/mol. The van der Waals surface area contributed by atoms with Crippen molar-refractivity contribution in [1.29, 1.82) is 0 Å². The molecule has 0 saturated heterocycles. The first-order valence-electron chi connectivity index (χ1n) is 7.97. The van der Waals surface area contributed by atoms with Crippen molar-refractivity contribution in [3.8, 4) is 5.75 Å². The van der Waals surface area contributed by atoms with Gasteiger partial charge in [-0.25, -0.2) is 0 Å². The van der Waals surface area contributed by atoms with Crippen LogP contribution in [0.5, 0.6) is 5.75 Å². The predicted molar refractivity (Wildman–Crippen MR) is 103 cm³/mol. The third kappa shape index (κ3) is 6.30. The second kappa shape index (κ2) is 9.58. The number of ether oxygens (including phenoxy) is 1. The van der Waals surface area contributed by atoms with Gasteiger partial charge in [-0.05, 0) is 36.8 Å². The van der Waals surface area contributed by atoms with Crippen LogP contribution in [0.15, 0.2) is 47.4 Å². The Hall–Kier alpha value is -3.07. The summed E-state index contributed by atoms with van der Waals surface area (Å²) < 4.78 is 5.19. The topological polar surface area (TPSA) is 111 Å². The van der Waals surface area contributed by atoms with Crippen molar-refractivity contribution < 1.29 is 19.2 Å². The largest absolute Gasteiger partial charge is 0.495 e. The Morgan fingerprint density at radius 1 is 1.15 bits per heavy atom. The summed E-state index contributed by atoms with van der Waals surface area (Å²) in [5.41, 5.74) is 1.50. The van der Waals surface area contributed by atoms with Crippen molar-refractivity contribution in [3.05, 3.63) is 58.1 Å². The molecule has 2 aromatic carbocycles. The van der Waals surface area contributed by atoms with Gasteiger partial charge >= 0.3 is 0 Å². The van der Waals surface area contributed by atoms with E-state index in [9.17, 15) is 19.7 Å². The van der Waals surface area contributed by atoms with E-state index in [1.54, 1.807) is 24.3 Å². The van der Waals surface area contributed by atoms with Gasteiger partial charge in [-0.1, -0.05) is 6.07 Å². The van der Waals surface area contributed by atoms with Crippen LogP contribution in [-0.2, 0) is 9.59 Å². The van der Waals surface area contributed by atoms with Crippen molar-refractivity contribution >= 4 is 35.0 Å². The fourth-order valence-corrected chi connectivity index (χ4v) is 2.89. The van der Waals surface area contributed by atoms with E-state index < -0.39 is 4.92 Å². The van der Waals surface area contributed by atoms with E-state index >= 15 is 0 Å². The maximum atomic E-state index is 12.0. The zero-order valence-electron chi connectivity index (χ0n) is 14.9. The van der Waals surface area contributed by atoms with E-state index in [1.807, 2.05) is 13.0 Å². The van der Waals surface area contributed by atoms with E-state index in [0.717, 1.165) is 10.5 Å². The summed E-state index contributed by atoms with van der Waals surface area (Å²) in [4.78, 5) is 34.8. The molecule has 0 radical (unpaired) electrons. The summed E-state index contributed by atoms with van der Waals surface area (Å²) in [5, 5.41) is 15.8.